The van der Waals surface area contributed by atoms with Gasteiger partial charge >= 0.3 is 0 Å². The van der Waals surface area contributed by atoms with Gasteiger partial charge in [0.15, 0.2) is 0 Å². The molecule has 2 heterocycles. The summed E-state index contributed by atoms with van der Waals surface area (Å²) in [6, 6.07) is 0.867. The normalized spacial score (nSPS) is 28.9. The molecule has 2 fully saturated rings. The van der Waals surface area contributed by atoms with Crippen LogP contribution in [0.2, 0.25) is 0 Å². The van der Waals surface area contributed by atoms with Crippen LogP contribution in [-0.2, 0) is 0 Å². The second kappa shape index (κ2) is 5.13. The van der Waals surface area contributed by atoms with Gasteiger partial charge in [-0.1, -0.05) is 12.8 Å². The number of hydrogen-bond donors (Lipinski definition) is 0. The van der Waals surface area contributed by atoms with Crippen LogP contribution in [0.3, 0.4) is 0 Å². The van der Waals surface area contributed by atoms with E-state index in [4.69, 9.17) is 0 Å². The minimum absolute atomic E-state index is 0.867. The van der Waals surface area contributed by atoms with Crippen LogP contribution in [0.1, 0.15) is 38.5 Å². The van der Waals surface area contributed by atoms with Gasteiger partial charge in [0.1, 0.15) is 0 Å². The van der Waals surface area contributed by atoms with Crippen LogP contribution in [0.5, 0.6) is 0 Å². The van der Waals surface area contributed by atoms with E-state index in [1.54, 1.807) is 0 Å². The van der Waals surface area contributed by atoms with Gasteiger partial charge in [0.05, 0.1) is 0 Å². The quantitative estimate of drug-likeness (QED) is 0.591. The van der Waals surface area contributed by atoms with Crippen molar-refractivity contribution in [2.45, 2.75) is 44.6 Å². The molecule has 2 rings (SSSR count). The highest BCUT2D eigenvalue weighted by Crippen LogP contribution is 2.19. The molecule has 2 aliphatic rings. The average molecular weight is 195 g/mol. The van der Waals surface area contributed by atoms with Crippen molar-refractivity contribution in [3.8, 4) is 0 Å². The Morgan fingerprint density at radius 1 is 0.786 bits per heavy atom. The van der Waals surface area contributed by atoms with Crippen molar-refractivity contribution in [2.75, 3.05) is 26.2 Å². The second-order valence-electron chi connectivity index (χ2n) is 4.80. The fraction of sp³-hybridized carbons (Fsp3) is 0.917. The maximum atomic E-state index is 4.01. The topological polar surface area (TPSA) is 6.48 Å². The van der Waals surface area contributed by atoms with E-state index >= 15 is 0 Å². The molecular formula is C12H23N2-. The lowest BCUT2D eigenvalue weighted by Crippen LogP contribution is -2.43. The van der Waals surface area contributed by atoms with Gasteiger partial charge in [-0.3, -0.25) is 7.05 Å². The Hall–Kier alpha value is -0.0800. The Kier molecular flexibility index (Phi) is 3.82. The largest absolute Gasteiger partial charge is 0.459 e. The van der Waals surface area contributed by atoms with Gasteiger partial charge in [0.25, 0.3) is 0 Å². The van der Waals surface area contributed by atoms with Gasteiger partial charge in [-0.25, -0.2) is 0 Å². The predicted molar refractivity (Wildman–Crippen MR) is 60.0 cm³/mol. The number of piperidine rings is 1. The van der Waals surface area contributed by atoms with Crippen LogP contribution in [0.4, 0.5) is 0 Å². The van der Waals surface area contributed by atoms with Crippen LogP contribution in [-0.4, -0.2) is 42.0 Å². The van der Waals surface area contributed by atoms with Crippen molar-refractivity contribution in [1.82, 2.24) is 9.80 Å². The van der Waals surface area contributed by atoms with Gasteiger partial charge in [0, 0.05) is 6.04 Å². The van der Waals surface area contributed by atoms with E-state index in [0.717, 1.165) is 6.04 Å². The second-order valence-corrected chi connectivity index (χ2v) is 4.80. The standard InChI is InChI=1S/C12H23N2/c1-13-10-6-12(7-11-13)14-8-4-2-3-5-9-14/h12H,1-11H2/q-1. The first-order chi connectivity index (χ1) is 6.86. The maximum absolute atomic E-state index is 4.01. The third-order valence-corrected chi connectivity index (χ3v) is 3.71. The fourth-order valence-electron chi connectivity index (χ4n) is 2.74. The molecule has 0 unspecified atom stereocenters. The van der Waals surface area contributed by atoms with Gasteiger partial charge in [-0.15, -0.1) is 0 Å². The van der Waals surface area contributed by atoms with E-state index in [2.05, 4.69) is 16.8 Å². The molecule has 0 radical (unpaired) electrons. The van der Waals surface area contributed by atoms with E-state index in [-0.39, 0.29) is 0 Å². The highest BCUT2D eigenvalue weighted by Gasteiger charge is 2.21. The van der Waals surface area contributed by atoms with Crippen molar-refractivity contribution in [3.63, 3.8) is 0 Å². The summed E-state index contributed by atoms with van der Waals surface area (Å²) >= 11 is 0. The molecule has 2 aliphatic heterocycles. The fourth-order valence-corrected chi connectivity index (χ4v) is 2.74. The lowest BCUT2D eigenvalue weighted by Gasteiger charge is -2.40. The molecule has 14 heavy (non-hydrogen) atoms. The molecule has 0 saturated carbocycles. The van der Waals surface area contributed by atoms with E-state index in [0.29, 0.717) is 0 Å². The maximum Gasteiger partial charge on any atom is 0.0118 e. The van der Waals surface area contributed by atoms with Crippen LogP contribution in [0.15, 0.2) is 0 Å². The average Bonchev–Trinajstić information content (AvgIpc) is 2.47. The van der Waals surface area contributed by atoms with Crippen molar-refractivity contribution < 1.29 is 0 Å². The summed E-state index contributed by atoms with van der Waals surface area (Å²) in [4.78, 5) is 4.95. The summed E-state index contributed by atoms with van der Waals surface area (Å²) in [5, 5.41) is 0. The summed E-state index contributed by atoms with van der Waals surface area (Å²) in [6.45, 7) is 5.09. The SMILES string of the molecule is [CH2-]N1CCC(N2CCCCCC2)CC1. The van der Waals surface area contributed by atoms with E-state index in [1.165, 1.54) is 64.7 Å². The molecule has 0 bridgehead atoms. The minimum Gasteiger partial charge on any atom is -0.459 e. The molecule has 0 atom stereocenters. The molecule has 2 nitrogen and oxygen atoms in total. The highest BCUT2D eigenvalue weighted by molar-refractivity contribution is 4.80. The summed E-state index contributed by atoms with van der Waals surface area (Å²) in [5.41, 5.74) is 0. The molecule has 82 valence electrons. The zero-order valence-electron chi connectivity index (χ0n) is 9.25. The highest BCUT2D eigenvalue weighted by atomic mass is 15.2. The minimum atomic E-state index is 0.867. The van der Waals surface area contributed by atoms with Crippen LogP contribution >= 0.6 is 0 Å². The van der Waals surface area contributed by atoms with Crippen molar-refractivity contribution >= 4 is 0 Å². The Bertz CT molecular complexity index is 154. The van der Waals surface area contributed by atoms with Crippen molar-refractivity contribution in [2.24, 2.45) is 0 Å². The monoisotopic (exact) mass is 195 g/mol. The zero-order valence-corrected chi connectivity index (χ0v) is 9.25. The lowest BCUT2D eigenvalue weighted by atomic mass is 10.0. The van der Waals surface area contributed by atoms with Crippen LogP contribution in [0.25, 0.3) is 0 Å². The first-order valence-electron chi connectivity index (χ1n) is 6.16. The molecule has 0 spiro atoms. The smallest absolute Gasteiger partial charge is 0.0118 e. The van der Waals surface area contributed by atoms with Crippen LogP contribution < -0.4 is 0 Å². The Morgan fingerprint density at radius 2 is 1.36 bits per heavy atom. The zero-order chi connectivity index (χ0) is 9.80. The molecule has 0 N–H and O–H groups in total. The van der Waals surface area contributed by atoms with E-state index in [1.807, 2.05) is 0 Å². The number of likely N-dealkylation sites (tertiary alicyclic amines) is 2. The summed E-state index contributed by atoms with van der Waals surface area (Å²) in [5.74, 6) is 0. The van der Waals surface area contributed by atoms with Crippen molar-refractivity contribution in [3.05, 3.63) is 7.05 Å². The van der Waals surface area contributed by atoms with E-state index < -0.39 is 0 Å². The molecule has 0 aromatic heterocycles. The molecule has 2 heteroatoms. The molecule has 2 saturated heterocycles. The van der Waals surface area contributed by atoms with Crippen LogP contribution in [0, 0.1) is 7.05 Å². The molecule has 0 aliphatic carbocycles. The molecular weight excluding hydrogens is 172 g/mol. The Balaban J connectivity index is 1.81. The number of hydrogen-bond acceptors (Lipinski definition) is 2. The summed E-state index contributed by atoms with van der Waals surface area (Å²) < 4.78 is 0. The number of rotatable bonds is 1. The Morgan fingerprint density at radius 3 is 1.93 bits per heavy atom. The third-order valence-electron chi connectivity index (χ3n) is 3.71. The predicted octanol–water partition coefficient (Wildman–Crippen LogP) is 2.12. The summed E-state index contributed by atoms with van der Waals surface area (Å²) in [6.07, 6.45) is 8.41. The first-order valence-corrected chi connectivity index (χ1v) is 6.16. The molecule has 0 aromatic carbocycles. The third kappa shape index (κ3) is 2.71. The van der Waals surface area contributed by atoms with E-state index in [9.17, 15) is 0 Å². The van der Waals surface area contributed by atoms with Gasteiger partial charge in [-0.2, -0.15) is 0 Å². The number of nitrogens with zero attached hydrogens (tertiary/aromatic N) is 2. The molecule has 0 aromatic rings. The summed E-state index contributed by atoms with van der Waals surface area (Å²) in [7, 11) is 4.01. The lowest BCUT2D eigenvalue weighted by molar-refractivity contribution is 0.131. The van der Waals surface area contributed by atoms with Crippen molar-refractivity contribution in [1.29, 1.82) is 0 Å². The Labute approximate surface area is 88.3 Å². The van der Waals surface area contributed by atoms with Gasteiger partial charge < -0.3 is 9.80 Å². The van der Waals surface area contributed by atoms with Gasteiger partial charge in [0.2, 0.25) is 0 Å². The van der Waals surface area contributed by atoms with Gasteiger partial charge in [-0.05, 0) is 51.9 Å². The first kappa shape index (κ1) is 10.4. The molecule has 0 amide bonds.